The van der Waals surface area contributed by atoms with Crippen LogP contribution in [0.25, 0.3) is 0 Å². The summed E-state index contributed by atoms with van der Waals surface area (Å²) in [5.74, 6) is 0. The molecule has 196 valence electrons. The predicted octanol–water partition coefficient (Wildman–Crippen LogP) is 10.4. The van der Waals surface area contributed by atoms with Crippen molar-refractivity contribution in [2.45, 2.75) is 175 Å². The molecule has 1 rings (SSSR count). The van der Waals surface area contributed by atoms with E-state index >= 15 is 0 Å². The van der Waals surface area contributed by atoms with Gasteiger partial charge in [0.15, 0.2) is 0 Å². The Labute approximate surface area is 210 Å². The minimum Gasteiger partial charge on any atom is -0.356 e. The Balaban J connectivity index is 1.95. The summed E-state index contributed by atoms with van der Waals surface area (Å²) in [6.07, 6.45) is 38.3. The molecule has 0 fully saturated rings. The lowest BCUT2D eigenvalue weighted by Gasteiger charge is -2.32. The first-order chi connectivity index (χ1) is 16.3. The highest BCUT2D eigenvalue weighted by Crippen LogP contribution is 2.23. The van der Waals surface area contributed by atoms with Crippen LogP contribution < -0.4 is 0 Å². The van der Waals surface area contributed by atoms with Gasteiger partial charge in [0.2, 0.25) is 0 Å². The van der Waals surface area contributed by atoms with Crippen LogP contribution in [0.2, 0.25) is 0 Å². The van der Waals surface area contributed by atoms with E-state index in [1.54, 1.807) is 0 Å². The maximum absolute atomic E-state index is 2.64. The van der Waals surface area contributed by atoms with Crippen molar-refractivity contribution in [2.75, 3.05) is 13.1 Å². The van der Waals surface area contributed by atoms with E-state index in [2.05, 4.69) is 43.0 Å². The second-order valence-corrected chi connectivity index (χ2v) is 10.7. The molecule has 33 heavy (non-hydrogen) atoms. The van der Waals surface area contributed by atoms with E-state index in [0.29, 0.717) is 6.17 Å². The molecule has 0 spiro atoms. The summed E-state index contributed by atoms with van der Waals surface area (Å²) in [6, 6.07) is 0. The Bertz CT molecular complexity index is 419. The van der Waals surface area contributed by atoms with Gasteiger partial charge >= 0.3 is 0 Å². The Hall–Kier alpha value is -0.660. The van der Waals surface area contributed by atoms with Crippen LogP contribution in [-0.4, -0.2) is 29.1 Å². The number of unbranched alkanes of at least 4 members (excludes halogenated alkanes) is 20. The quantitative estimate of drug-likeness (QED) is 0.124. The van der Waals surface area contributed by atoms with E-state index in [4.69, 9.17) is 0 Å². The molecule has 0 aromatic carbocycles. The zero-order valence-corrected chi connectivity index (χ0v) is 23.3. The monoisotopic (exact) mass is 462 g/mol. The molecule has 1 aliphatic rings. The zero-order valence-electron chi connectivity index (χ0n) is 23.3. The van der Waals surface area contributed by atoms with Crippen LogP contribution in [-0.2, 0) is 0 Å². The Morgan fingerprint density at radius 2 is 0.788 bits per heavy atom. The molecule has 0 aliphatic carbocycles. The summed E-state index contributed by atoms with van der Waals surface area (Å²) in [5, 5.41) is 0. The molecule has 0 N–H and O–H groups in total. The summed E-state index contributed by atoms with van der Waals surface area (Å²) in [5.41, 5.74) is 0. The van der Waals surface area contributed by atoms with Crippen LogP contribution >= 0.6 is 0 Å². The molecular formula is C31H62N2. The molecule has 1 aliphatic heterocycles. The van der Waals surface area contributed by atoms with Gasteiger partial charge in [-0.05, 0) is 26.2 Å². The molecule has 2 heteroatoms. The second-order valence-electron chi connectivity index (χ2n) is 10.7. The van der Waals surface area contributed by atoms with Gasteiger partial charge in [-0.15, -0.1) is 0 Å². The minimum atomic E-state index is 0.636. The normalized spacial score (nSPS) is 15.8. The lowest BCUT2D eigenvalue weighted by atomic mass is 10.0. The molecule has 1 unspecified atom stereocenters. The van der Waals surface area contributed by atoms with Crippen LogP contribution in [0.5, 0.6) is 0 Å². The predicted molar refractivity (Wildman–Crippen MR) is 150 cm³/mol. The lowest BCUT2D eigenvalue weighted by molar-refractivity contribution is 0.142. The molecule has 0 saturated heterocycles. The molecular weight excluding hydrogens is 400 g/mol. The Morgan fingerprint density at radius 1 is 0.424 bits per heavy atom. The fourth-order valence-electron chi connectivity index (χ4n) is 5.38. The minimum absolute atomic E-state index is 0.636. The van der Waals surface area contributed by atoms with Crippen LogP contribution in [0, 0.1) is 0 Å². The van der Waals surface area contributed by atoms with E-state index < -0.39 is 0 Å². The van der Waals surface area contributed by atoms with Crippen LogP contribution in [0.4, 0.5) is 0 Å². The molecule has 0 saturated carbocycles. The Kier molecular flexibility index (Phi) is 21.3. The van der Waals surface area contributed by atoms with Gasteiger partial charge in [-0.1, -0.05) is 142 Å². The third kappa shape index (κ3) is 16.6. The van der Waals surface area contributed by atoms with E-state index in [0.717, 1.165) is 6.54 Å². The smallest absolute Gasteiger partial charge is 0.101 e. The first-order valence-corrected chi connectivity index (χ1v) is 15.5. The molecule has 0 bridgehead atoms. The van der Waals surface area contributed by atoms with Crippen LogP contribution in [0.3, 0.4) is 0 Å². The highest BCUT2D eigenvalue weighted by atomic mass is 15.4. The molecule has 1 atom stereocenters. The Morgan fingerprint density at radius 3 is 1.21 bits per heavy atom. The maximum Gasteiger partial charge on any atom is 0.101 e. The first kappa shape index (κ1) is 30.4. The first-order valence-electron chi connectivity index (χ1n) is 15.5. The SMILES string of the molecule is CCCCCCCCCCCCCCCCCC1N(CC)C=CN1CCCCCCCCC. The molecule has 0 aromatic rings. The van der Waals surface area contributed by atoms with E-state index in [1.165, 1.54) is 154 Å². The maximum atomic E-state index is 2.64. The summed E-state index contributed by atoms with van der Waals surface area (Å²) >= 11 is 0. The van der Waals surface area contributed by atoms with Gasteiger partial charge in [0.25, 0.3) is 0 Å². The fraction of sp³-hybridized carbons (Fsp3) is 0.935. The van der Waals surface area contributed by atoms with E-state index in [9.17, 15) is 0 Å². The molecule has 0 radical (unpaired) electrons. The summed E-state index contributed by atoms with van der Waals surface area (Å²) in [6.45, 7) is 9.32. The molecule has 1 heterocycles. The van der Waals surface area contributed by atoms with Gasteiger partial charge in [-0.2, -0.15) is 0 Å². The van der Waals surface area contributed by atoms with Crippen molar-refractivity contribution >= 4 is 0 Å². The molecule has 2 nitrogen and oxygen atoms in total. The van der Waals surface area contributed by atoms with Gasteiger partial charge in [-0.3, -0.25) is 0 Å². The van der Waals surface area contributed by atoms with Crippen molar-refractivity contribution in [3.05, 3.63) is 12.4 Å². The topological polar surface area (TPSA) is 6.48 Å². The zero-order chi connectivity index (χ0) is 23.8. The highest BCUT2D eigenvalue weighted by Gasteiger charge is 2.23. The number of hydrogen-bond acceptors (Lipinski definition) is 2. The van der Waals surface area contributed by atoms with Crippen LogP contribution in [0.15, 0.2) is 12.4 Å². The van der Waals surface area contributed by atoms with Crippen molar-refractivity contribution in [1.82, 2.24) is 9.80 Å². The van der Waals surface area contributed by atoms with Crippen LogP contribution in [0.1, 0.15) is 168 Å². The largest absolute Gasteiger partial charge is 0.356 e. The van der Waals surface area contributed by atoms with E-state index in [1.807, 2.05) is 0 Å². The average Bonchev–Trinajstić information content (AvgIpc) is 3.22. The number of rotatable bonds is 25. The third-order valence-corrected chi connectivity index (χ3v) is 7.67. The highest BCUT2D eigenvalue weighted by molar-refractivity contribution is 4.96. The van der Waals surface area contributed by atoms with Crippen molar-refractivity contribution < 1.29 is 0 Å². The number of nitrogens with zero attached hydrogens (tertiary/aromatic N) is 2. The molecule has 0 amide bonds. The van der Waals surface area contributed by atoms with Gasteiger partial charge in [0.05, 0.1) is 0 Å². The third-order valence-electron chi connectivity index (χ3n) is 7.67. The molecule has 0 aromatic heterocycles. The van der Waals surface area contributed by atoms with E-state index in [-0.39, 0.29) is 0 Å². The summed E-state index contributed by atoms with van der Waals surface area (Å²) < 4.78 is 0. The van der Waals surface area contributed by atoms with Gasteiger partial charge < -0.3 is 9.80 Å². The number of hydrogen-bond donors (Lipinski definition) is 0. The lowest BCUT2D eigenvalue weighted by Crippen LogP contribution is -2.38. The summed E-state index contributed by atoms with van der Waals surface area (Å²) in [7, 11) is 0. The van der Waals surface area contributed by atoms with Gasteiger partial charge in [-0.25, -0.2) is 0 Å². The fourth-order valence-corrected chi connectivity index (χ4v) is 5.38. The van der Waals surface area contributed by atoms with Crippen molar-refractivity contribution in [2.24, 2.45) is 0 Å². The van der Waals surface area contributed by atoms with Gasteiger partial charge in [0, 0.05) is 25.5 Å². The second kappa shape index (κ2) is 23.1. The standard InChI is InChI=1S/C31H62N2/c1-4-7-9-11-13-14-15-16-17-18-19-20-21-23-25-27-31-32(6-3)29-30-33(31)28-26-24-22-12-10-8-5-2/h29-31H,4-28H2,1-3H3. The van der Waals surface area contributed by atoms with Crippen molar-refractivity contribution in [1.29, 1.82) is 0 Å². The van der Waals surface area contributed by atoms with Crippen molar-refractivity contribution in [3.63, 3.8) is 0 Å². The van der Waals surface area contributed by atoms with Crippen molar-refractivity contribution in [3.8, 4) is 0 Å². The average molecular weight is 463 g/mol. The summed E-state index contributed by atoms with van der Waals surface area (Å²) in [4.78, 5) is 5.20. The van der Waals surface area contributed by atoms with Gasteiger partial charge in [0.1, 0.15) is 6.17 Å².